The van der Waals surface area contributed by atoms with E-state index >= 15 is 0 Å². The number of nitrogens with one attached hydrogen (secondary N) is 2. The smallest absolute Gasteiger partial charge is 0.452 e. The summed E-state index contributed by atoms with van der Waals surface area (Å²) in [5.74, 6) is -3.49. The van der Waals surface area contributed by atoms with Gasteiger partial charge in [-0.25, -0.2) is 0 Å². The maximum Gasteiger partial charge on any atom is 0.452 e. The number of carbonyl (C=O) groups excluding carboxylic acids is 3. The summed E-state index contributed by atoms with van der Waals surface area (Å²) in [6.45, 7) is 2.76. The van der Waals surface area contributed by atoms with Gasteiger partial charge in [-0.2, -0.15) is 13.2 Å². The Bertz CT molecular complexity index is 1400. The number of Topliss-reactive ketones (excluding diaryl/α,β-unsaturated/α-hetero) is 1. The molecular formula is C31H31Cl2F3N2O5. The number of hydrogen-bond acceptors (Lipinski definition) is 5. The molecule has 3 rings (SSSR count). The van der Waals surface area contributed by atoms with Crippen LogP contribution in [0.15, 0.2) is 72.8 Å². The largest absolute Gasteiger partial charge is 0.497 e. The molecule has 0 saturated heterocycles. The van der Waals surface area contributed by atoms with Crippen molar-refractivity contribution >= 4 is 40.8 Å². The van der Waals surface area contributed by atoms with Crippen molar-refractivity contribution in [1.29, 1.82) is 0 Å². The summed E-state index contributed by atoms with van der Waals surface area (Å²) in [4.78, 5) is 38.8. The third kappa shape index (κ3) is 10.2. The first-order chi connectivity index (χ1) is 20.3. The molecule has 0 bridgehead atoms. The molecule has 2 N–H and O–H groups in total. The van der Waals surface area contributed by atoms with Crippen LogP contribution in [0.2, 0.25) is 10.0 Å². The van der Waals surface area contributed by atoms with Gasteiger partial charge in [-0.3, -0.25) is 14.4 Å². The number of carbonyl (C=O) groups is 3. The van der Waals surface area contributed by atoms with Crippen molar-refractivity contribution in [2.24, 2.45) is 5.92 Å². The lowest BCUT2D eigenvalue weighted by molar-refractivity contribution is -0.175. The quantitative estimate of drug-likeness (QED) is 0.223. The second kappa shape index (κ2) is 15.1. The molecule has 3 atom stereocenters. The zero-order valence-corrected chi connectivity index (χ0v) is 25.1. The fourth-order valence-corrected chi connectivity index (χ4v) is 4.56. The molecule has 0 saturated carbocycles. The van der Waals surface area contributed by atoms with Gasteiger partial charge < -0.3 is 20.1 Å². The first kappa shape index (κ1) is 33.7. The normalized spacial score (nSPS) is 13.5. The molecule has 43 heavy (non-hydrogen) atoms. The first-order valence-corrected chi connectivity index (χ1v) is 14.0. The van der Waals surface area contributed by atoms with Crippen LogP contribution in [0.25, 0.3) is 0 Å². The number of alkyl halides is 3. The number of ketones is 1. The lowest BCUT2D eigenvalue weighted by Gasteiger charge is -2.26. The summed E-state index contributed by atoms with van der Waals surface area (Å²) in [5, 5.41) is 5.64. The maximum absolute atomic E-state index is 13.4. The summed E-state index contributed by atoms with van der Waals surface area (Å²) in [7, 11) is 1.52. The molecule has 0 heterocycles. The van der Waals surface area contributed by atoms with Gasteiger partial charge in [0.1, 0.15) is 23.6 Å². The van der Waals surface area contributed by atoms with Crippen molar-refractivity contribution in [2.45, 2.75) is 51.1 Å². The monoisotopic (exact) mass is 638 g/mol. The van der Waals surface area contributed by atoms with Crippen molar-refractivity contribution in [3.63, 3.8) is 0 Å². The molecule has 0 radical (unpaired) electrons. The average molecular weight is 639 g/mol. The lowest BCUT2D eigenvalue weighted by Crippen LogP contribution is -2.56. The van der Waals surface area contributed by atoms with E-state index in [4.69, 9.17) is 32.7 Å². The number of methoxy groups -OCH3 is 1. The van der Waals surface area contributed by atoms with Crippen molar-refractivity contribution in [3.05, 3.63) is 94.0 Å². The number of benzene rings is 3. The molecule has 7 nitrogen and oxygen atoms in total. The van der Waals surface area contributed by atoms with E-state index in [9.17, 15) is 27.6 Å². The van der Waals surface area contributed by atoms with E-state index < -0.39 is 47.9 Å². The predicted molar refractivity (Wildman–Crippen MR) is 157 cm³/mol. The first-order valence-electron chi connectivity index (χ1n) is 13.3. The van der Waals surface area contributed by atoms with Crippen LogP contribution < -0.4 is 20.1 Å². The molecule has 0 spiro atoms. The van der Waals surface area contributed by atoms with Gasteiger partial charge in [0.2, 0.25) is 11.8 Å². The van der Waals surface area contributed by atoms with Crippen molar-refractivity contribution in [2.75, 3.05) is 7.11 Å². The third-order valence-corrected chi connectivity index (χ3v) is 6.94. The minimum atomic E-state index is -5.15. The van der Waals surface area contributed by atoms with E-state index in [1.54, 1.807) is 72.8 Å². The Hall–Kier alpha value is -3.76. The molecule has 3 aromatic carbocycles. The Labute approximate surface area is 257 Å². The van der Waals surface area contributed by atoms with Crippen molar-refractivity contribution in [1.82, 2.24) is 10.6 Å². The highest BCUT2D eigenvalue weighted by Crippen LogP contribution is 2.28. The van der Waals surface area contributed by atoms with E-state index in [0.29, 0.717) is 32.7 Å². The Morgan fingerprint density at radius 3 is 2.05 bits per heavy atom. The van der Waals surface area contributed by atoms with E-state index in [2.05, 4.69) is 10.6 Å². The third-order valence-electron chi connectivity index (χ3n) is 6.46. The van der Waals surface area contributed by atoms with Gasteiger partial charge in [0, 0.05) is 16.5 Å². The Kier molecular flexibility index (Phi) is 11.9. The van der Waals surface area contributed by atoms with Gasteiger partial charge in [0.15, 0.2) is 0 Å². The van der Waals surface area contributed by atoms with Crippen LogP contribution in [0.3, 0.4) is 0 Å². The van der Waals surface area contributed by atoms with E-state index in [1.165, 1.54) is 21.0 Å². The molecule has 3 aromatic rings. The Morgan fingerprint density at radius 2 is 1.49 bits per heavy atom. The fourth-order valence-electron chi connectivity index (χ4n) is 4.22. The molecular weight excluding hydrogens is 608 g/mol. The van der Waals surface area contributed by atoms with E-state index in [-0.39, 0.29) is 12.8 Å². The number of ether oxygens (including phenoxy) is 2. The van der Waals surface area contributed by atoms with Crippen LogP contribution in [0.5, 0.6) is 11.5 Å². The van der Waals surface area contributed by atoms with Gasteiger partial charge in [-0.15, -0.1) is 0 Å². The maximum atomic E-state index is 13.4. The van der Waals surface area contributed by atoms with Crippen molar-refractivity contribution < 1.29 is 37.0 Å². The highest BCUT2D eigenvalue weighted by atomic mass is 35.5. The molecule has 3 unspecified atom stereocenters. The molecule has 0 aliphatic carbocycles. The number of rotatable bonds is 13. The van der Waals surface area contributed by atoms with Crippen LogP contribution in [0, 0.1) is 5.92 Å². The molecule has 0 fully saturated rings. The Balaban J connectivity index is 1.86. The summed E-state index contributed by atoms with van der Waals surface area (Å²) in [5.41, 5.74) is 1.15. The highest BCUT2D eigenvalue weighted by Gasteiger charge is 2.45. The lowest BCUT2D eigenvalue weighted by atomic mass is 9.97. The second-order valence-electron chi connectivity index (χ2n) is 10.1. The van der Waals surface area contributed by atoms with Crippen LogP contribution in [-0.2, 0) is 20.8 Å². The molecule has 12 heteroatoms. The average Bonchev–Trinajstić information content (AvgIpc) is 2.95. The van der Waals surface area contributed by atoms with Gasteiger partial charge in [-0.1, -0.05) is 61.3 Å². The molecule has 0 aliphatic heterocycles. The number of amides is 2. The van der Waals surface area contributed by atoms with Gasteiger partial charge in [0.25, 0.3) is 5.78 Å². The van der Waals surface area contributed by atoms with E-state index in [1.807, 2.05) is 0 Å². The minimum absolute atomic E-state index is 0.103. The molecule has 0 aliphatic rings. The topological polar surface area (TPSA) is 93.7 Å². The van der Waals surface area contributed by atoms with Gasteiger partial charge >= 0.3 is 6.18 Å². The van der Waals surface area contributed by atoms with Crippen LogP contribution in [0.1, 0.15) is 37.5 Å². The number of hydrogen-bond donors (Lipinski definition) is 2. The standard InChI is InChI=1S/C31H31Cl2F3N2O5/c1-18(2)28(29(40)31(34,35)36)38-30(41)25(16-19-5-4-6-22(33)15-19)37-27(39)17-26(20-7-9-21(32)10-8-20)43-24-13-11-23(42-3)12-14-24/h4-15,18,25-26,28H,16-17H2,1-3H3,(H,37,39)(H,38,41). The zero-order valence-electron chi connectivity index (χ0n) is 23.6. The summed E-state index contributed by atoms with van der Waals surface area (Å²) in [6, 6.07) is 16.7. The van der Waals surface area contributed by atoms with Crippen molar-refractivity contribution in [3.8, 4) is 11.5 Å². The summed E-state index contributed by atoms with van der Waals surface area (Å²) in [6.07, 6.45) is -6.34. The zero-order chi connectivity index (χ0) is 31.7. The van der Waals surface area contributed by atoms with Crippen LogP contribution >= 0.6 is 23.2 Å². The van der Waals surface area contributed by atoms with E-state index in [0.717, 1.165) is 0 Å². The molecule has 0 aromatic heterocycles. The molecule has 230 valence electrons. The minimum Gasteiger partial charge on any atom is -0.497 e. The Morgan fingerprint density at radius 1 is 0.860 bits per heavy atom. The summed E-state index contributed by atoms with van der Waals surface area (Å²) < 4.78 is 51.0. The predicted octanol–water partition coefficient (Wildman–Crippen LogP) is 6.51. The fraction of sp³-hybridized carbons (Fsp3) is 0.323. The highest BCUT2D eigenvalue weighted by molar-refractivity contribution is 6.30. The SMILES string of the molecule is COc1ccc(OC(CC(=O)NC(Cc2cccc(Cl)c2)C(=O)NC(C(=O)C(F)(F)F)C(C)C)c2ccc(Cl)cc2)cc1. The van der Waals surface area contributed by atoms with Gasteiger partial charge in [-0.05, 0) is 65.6 Å². The second-order valence-corrected chi connectivity index (χ2v) is 11.0. The number of halogens is 5. The van der Waals surface area contributed by atoms with Crippen LogP contribution in [-0.4, -0.2) is 43.0 Å². The molecule has 2 amide bonds. The van der Waals surface area contributed by atoms with Gasteiger partial charge in [0.05, 0.1) is 19.6 Å². The van der Waals surface area contributed by atoms with Crippen LogP contribution in [0.4, 0.5) is 13.2 Å². The summed E-state index contributed by atoms with van der Waals surface area (Å²) >= 11 is 12.1.